The van der Waals surface area contributed by atoms with Crippen molar-refractivity contribution in [2.75, 3.05) is 32.8 Å². The Morgan fingerprint density at radius 3 is 2.83 bits per heavy atom. The summed E-state index contributed by atoms with van der Waals surface area (Å²) in [5.74, 6) is 0. The van der Waals surface area contributed by atoms with Gasteiger partial charge in [0.2, 0.25) is 0 Å². The molecular weight excluding hydrogens is 154 g/mol. The molecule has 0 spiro atoms. The normalized spacial score (nSPS) is 36.8. The second-order valence-electron chi connectivity index (χ2n) is 3.62. The van der Waals surface area contributed by atoms with Crippen molar-refractivity contribution in [2.45, 2.75) is 25.6 Å². The van der Waals surface area contributed by atoms with Gasteiger partial charge in [-0.25, -0.2) is 0 Å². The van der Waals surface area contributed by atoms with Crippen molar-refractivity contribution in [2.24, 2.45) is 0 Å². The maximum absolute atomic E-state index is 5.58. The highest BCUT2D eigenvalue weighted by Gasteiger charge is 2.28. The maximum atomic E-state index is 5.58. The molecule has 2 aliphatic rings. The van der Waals surface area contributed by atoms with E-state index in [2.05, 4.69) is 11.8 Å². The van der Waals surface area contributed by atoms with Crippen LogP contribution >= 0.6 is 0 Å². The van der Waals surface area contributed by atoms with Crippen molar-refractivity contribution >= 4 is 0 Å². The molecule has 2 saturated heterocycles. The Bertz CT molecular complexity index is 147. The SMILES string of the molecule is CCC1CN(CC2CO2)CCO1. The number of hydrogen-bond acceptors (Lipinski definition) is 3. The van der Waals surface area contributed by atoms with Crippen LogP contribution in [0.2, 0.25) is 0 Å². The quantitative estimate of drug-likeness (QED) is 0.578. The van der Waals surface area contributed by atoms with E-state index in [-0.39, 0.29) is 0 Å². The molecule has 0 aromatic carbocycles. The lowest BCUT2D eigenvalue weighted by atomic mass is 10.2. The molecule has 3 heteroatoms. The Hall–Kier alpha value is -0.120. The molecule has 2 heterocycles. The molecule has 0 aromatic rings. The molecule has 0 aromatic heterocycles. The molecular formula is C9H17NO2. The first-order chi connectivity index (χ1) is 5.88. The van der Waals surface area contributed by atoms with Gasteiger partial charge in [0.15, 0.2) is 0 Å². The van der Waals surface area contributed by atoms with Gasteiger partial charge in [0.1, 0.15) is 0 Å². The van der Waals surface area contributed by atoms with Gasteiger partial charge in [0, 0.05) is 19.6 Å². The van der Waals surface area contributed by atoms with E-state index in [9.17, 15) is 0 Å². The molecule has 70 valence electrons. The fourth-order valence-electron chi connectivity index (χ4n) is 1.65. The molecule has 0 N–H and O–H groups in total. The standard InChI is InChI=1S/C9H17NO2/c1-2-8-5-10(3-4-11-8)6-9-7-12-9/h8-9H,2-7H2,1H3. The van der Waals surface area contributed by atoms with Crippen molar-refractivity contribution in [3.8, 4) is 0 Å². The number of hydrogen-bond donors (Lipinski definition) is 0. The number of nitrogens with zero attached hydrogens (tertiary/aromatic N) is 1. The van der Waals surface area contributed by atoms with Crippen molar-refractivity contribution in [1.82, 2.24) is 4.90 Å². The summed E-state index contributed by atoms with van der Waals surface area (Å²) in [7, 11) is 0. The Morgan fingerprint density at radius 2 is 2.17 bits per heavy atom. The maximum Gasteiger partial charge on any atom is 0.0936 e. The van der Waals surface area contributed by atoms with Crippen molar-refractivity contribution in [1.29, 1.82) is 0 Å². The Labute approximate surface area is 73.6 Å². The molecule has 3 nitrogen and oxygen atoms in total. The van der Waals surface area contributed by atoms with Crippen molar-refractivity contribution < 1.29 is 9.47 Å². The van der Waals surface area contributed by atoms with Gasteiger partial charge in [-0.2, -0.15) is 0 Å². The minimum atomic E-state index is 0.456. The predicted molar refractivity (Wildman–Crippen MR) is 46.2 cm³/mol. The van der Waals surface area contributed by atoms with E-state index in [0.717, 1.165) is 39.3 Å². The van der Waals surface area contributed by atoms with Crippen molar-refractivity contribution in [3.05, 3.63) is 0 Å². The van der Waals surface area contributed by atoms with Gasteiger partial charge >= 0.3 is 0 Å². The second kappa shape index (κ2) is 3.73. The lowest BCUT2D eigenvalue weighted by Crippen LogP contribution is -2.43. The molecule has 0 bridgehead atoms. The molecule has 2 rings (SSSR count). The zero-order chi connectivity index (χ0) is 8.39. The van der Waals surface area contributed by atoms with Crippen LogP contribution in [0.15, 0.2) is 0 Å². The summed E-state index contributed by atoms with van der Waals surface area (Å²) in [6.45, 7) is 7.33. The number of rotatable bonds is 3. The zero-order valence-corrected chi connectivity index (χ0v) is 7.66. The minimum absolute atomic E-state index is 0.456. The highest BCUT2D eigenvalue weighted by atomic mass is 16.6. The highest BCUT2D eigenvalue weighted by Crippen LogP contribution is 2.14. The summed E-state index contributed by atoms with van der Waals surface area (Å²) < 4.78 is 10.8. The van der Waals surface area contributed by atoms with E-state index in [1.54, 1.807) is 0 Å². The first-order valence-corrected chi connectivity index (χ1v) is 4.84. The van der Waals surface area contributed by atoms with Crippen LogP contribution in [0.3, 0.4) is 0 Å². The van der Waals surface area contributed by atoms with E-state index in [1.807, 2.05) is 0 Å². The van der Waals surface area contributed by atoms with Crippen LogP contribution in [-0.2, 0) is 9.47 Å². The zero-order valence-electron chi connectivity index (χ0n) is 7.66. The summed E-state index contributed by atoms with van der Waals surface area (Å²) in [6.07, 6.45) is 2.11. The summed E-state index contributed by atoms with van der Waals surface area (Å²) >= 11 is 0. The smallest absolute Gasteiger partial charge is 0.0936 e. The van der Waals surface area contributed by atoms with Crippen LogP contribution in [0.25, 0.3) is 0 Å². The summed E-state index contributed by atoms with van der Waals surface area (Å²) in [4.78, 5) is 2.45. The summed E-state index contributed by atoms with van der Waals surface area (Å²) in [6, 6.07) is 0. The van der Waals surface area contributed by atoms with E-state index >= 15 is 0 Å². The third-order valence-corrected chi connectivity index (χ3v) is 2.54. The van der Waals surface area contributed by atoms with Gasteiger partial charge in [0.05, 0.1) is 25.4 Å². The van der Waals surface area contributed by atoms with Crippen LogP contribution in [0, 0.1) is 0 Å². The molecule has 0 aliphatic carbocycles. The van der Waals surface area contributed by atoms with Gasteiger partial charge < -0.3 is 9.47 Å². The third-order valence-electron chi connectivity index (χ3n) is 2.54. The Balaban J connectivity index is 1.73. The molecule has 12 heavy (non-hydrogen) atoms. The van der Waals surface area contributed by atoms with Gasteiger partial charge in [-0.1, -0.05) is 6.92 Å². The van der Waals surface area contributed by atoms with Crippen LogP contribution < -0.4 is 0 Å². The van der Waals surface area contributed by atoms with E-state index < -0.39 is 0 Å². The predicted octanol–water partition coefficient (Wildman–Crippen LogP) is 0.496. The molecule has 0 saturated carbocycles. The van der Waals surface area contributed by atoms with Crippen LogP contribution in [-0.4, -0.2) is 50.0 Å². The molecule has 2 atom stereocenters. The highest BCUT2D eigenvalue weighted by molar-refractivity contribution is 4.78. The van der Waals surface area contributed by atoms with Gasteiger partial charge in [-0.3, -0.25) is 4.90 Å². The Morgan fingerprint density at radius 1 is 1.33 bits per heavy atom. The minimum Gasteiger partial charge on any atom is -0.376 e. The molecule has 2 unspecified atom stereocenters. The van der Waals surface area contributed by atoms with E-state index in [4.69, 9.17) is 9.47 Å². The number of epoxide rings is 1. The molecule has 2 aliphatic heterocycles. The van der Waals surface area contributed by atoms with E-state index in [0.29, 0.717) is 12.2 Å². The molecule has 0 amide bonds. The number of morpholine rings is 1. The summed E-state index contributed by atoms with van der Waals surface area (Å²) in [5.41, 5.74) is 0. The fourth-order valence-corrected chi connectivity index (χ4v) is 1.65. The average Bonchev–Trinajstić information content (AvgIpc) is 2.89. The summed E-state index contributed by atoms with van der Waals surface area (Å²) in [5, 5.41) is 0. The lowest BCUT2D eigenvalue weighted by Gasteiger charge is -2.31. The third kappa shape index (κ3) is 2.19. The molecule has 0 radical (unpaired) electrons. The average molecular weight is 171 g/mol. The monoisotopic (exact) mass is 171 g/mol. The van der Waals surface area contributed by atoms with Gasteiger partial charge in [-0.05, 0) is 6.42 Å². The Kier molecular flexibility index (Phi) is 2.63. The fraction of sp³-hybridized carbons (Fsp3) is 1.00. The molecule has 2 fully saturated rings. The lowest BCUT2D eigenvalue weighted by molar-refractivity contribution is -0.0311. The largest absolute Gasteiger partial charge is 0.376 e. The second-order valence-corrected chi connectivity index (χ2v) is 3.62. The van der Waals surface area contributed by atoms with Crippen molar-refractivity contribution in [3.63, 3.8) is 0 Å². The number of ether oxygens (including phenoxy) is 2. The topological polar surface area (TPSA) is 25.0 Å². The van der Waals surface area contributed by atoms with Gasteiger partial charge in [-0.15, -0.1) is 0 Å². The van der Waals surface area contributed by atoms with E-state index in [1.165, 1.54) is 0 Å². The van der Waals surface area contributed by atoms with Crippen LogP contribution in [0.4, 0.5) is 0 Å². The van der Waals surface area contributed by atoms with Crippen LogP contribution in [0.1, 0.15) is 13.3 Å². The van der Waals surface area contributed by atoms with Gasteiger partial charge in [0.25, 0.3) is 0 Å². The first-order valence-electron chi connectivity index (χ1n) is 4.84. The first kappa shape index (κ1) is 8.48. The van der Waals surface area contributed by atoms with Crippen LogP contribution in [0.5, 0.6) is 0 Å².